The Morgan fingerprint density at radius 3 is 2.66 bits per heavy atom. The number of para-hydroxylation sites is 2. The van der Waals surface area contributed by atoms with Crippen LogP contribution in [0.2, 0.25) is 0 Å². The van der Waals surface area contributed by atoms with Crippen LogP contribution in [-0.4, -0.2) is 30.1 Å². The summed E-state index contributed by atoms with van der Waals surface area (Å²) in [6.07, 6.45) is 2.29. The highest BCUT2D eigenvalue weighted by Crippen LogP contribution is 2.38. The van der Waals surface area contributed by atoms with E-state index in [1.807, 2.05) is 50.2 Å². The number of ether oxygens (including phenoxy) is 2. The minimum absolute atomic E-state index is 0.335. The number of hydrogen-bond donors (Lipinski definition) is 0. The van der Waals surface area contributed by atoms with Gasteiger partial charge in [-0.3, -0.25) is 4.90 Å². The van der Waals surface area contributed by atoms with Crippen LogP contribution in [0.4, 0.5) is 0 Å². The van der Waals surface area contributed by atoms with Crippen LogP contribution in [0.5, 0.6) is 11.5 Å². The maximum Gasteiger partial charge on any atom is 0.230 e. The molecular formula is C24H28N2O3. The van der Waals surface area contributed by atoms with Crippen molar-refractivity contribution in [3.63, 3.8) is 0 Å². The molecule has 2 aromatic carbocycles. The number of likely N-dealkylation sites (tertiary alicyclic amines) is 1. The van der Waals surface area contributed by atoms with Crippen molar-refractivity contribution in [1.82, 2.24) is 9.88 Å². The minimum Gasteiger partial charge on any atom is -0.496 e. The third-order valence-electron chi connectivity index (χ3n) is 5.52. The van der Waals surface area contributed by atoms with Gasteiger partial charge in [-0.1, -0.05) is 30.3 Å². The quantitative estimate of drug-likeness (QED) is 0.539. The third-order valence-corrected chi connectivity index (χ3v) is 5.52. The van der Waals surface area contributed by atoms with Gasteiger partial charge in [0.1, 0.15) is 17.3 Å². The highest BCUT2D eigenvalue weighted by molar-refractivity contribution is 5.63. The van der Waals surface area contributed by atoms with Crippen LogP contribution in [0.15, 0.2) is 52.9 Å². The zero-order chi connectivity index (χ0) is 20.2. The molecule has 0 spiro atoms. The van der Waals surface area contributed by atoms with Gasteiger partial charge in [-0.25, -0.2) is 4.98 Å². The van der Waals surface area contributed by atoms with E-state index in [1.165, 1.54) is 12.0 Å². The maximum absolute atomic E-state index is 6.04. The largest absolute Gasteiger partial charge is 0.496 e. The summed E-state index contributed by atoms with van der Waals surface area (Å²) in [7, 11) is 1.74. The number of aryl methyl sites for hydroxylation is 1. The molecule has 0 aliphatic carbocycles. The van der Waals surface area contributed by atoms with Crippen molar-refractivity contribution >= 4 is 0 Å². The monoisotopic (exact) mass is 392 g/mol. The SMILES string of the molecule is CCOc1ccccc1-c1nc(CN2CCCC2c2ccccc2OC)c(C)o1. The highest BCUT2D eigenvalue weighted by atomic mass is 16.5. The van der Waals surface area contributed by atoms with E-state index in [-0.39, 0.29) is 0 Å². The number of benzene rings is 2. The molecule has 0 radical (unpaired) electrons. The lowest BCUT2D eigenvalue weighted by molar-refractivity contribution is 0.239. The van der Waals surface area contributed by atoms with Crippen molar-refractivity contribution in [2.45, 2.75) is 39.3 Å². The zero-order valence-corrected chi connectivity index (χ0v) is 17.4. The van der Waals surface area contributed by atoms with Gasteiger partial charge in [0.25, 0.3) is 0 Å². The molecule has 2 heterocycles. The van der Waals surface area contributed by atoms with E-state index < -0.39 is 0 Å². The average Bonchev–Trinajstić information content (AvgIpc) is 3.35. The molecule has 5 nitrogen and oxygen atoms in total. The van der Waals surface area contributed by atoms with Gasteiger partial charge < -0.3 is 13.9 Å². The normalized spacial score (nSPS) is 16.9. The van der Waals surface area contributed by atoms with Crippen molar-refractivity contribution in [2.75, 3.05) is 20.3 Å². The molecule has 1 fully saturated rings. The summed E-state index contributed by atoms with van der Waals surface area (Å²) in [5, 5.41) is 0. The van der Waals surface area contributed by atoms with Crippen LogP contribution in [0.3, 0.4) is 0 Å². The van der Waals surface area contributed by atoms with Gasteiger partial charge >= 0.3 is 0 Å². The first kappa shape index (κ1) is 19.5. The van der Waals surface area contributed by atoms with Gasteiger partial charge in [0.2, 0.25) is 5.89 Å². The van der Waals surface area contributed by atoms with Crippen LogP contribution in [0.25, 0.3) is 11.5 Å². The van der Waals surface area contributed by atoms with Crippen LogP contribution in [-0.2, 0) is 6.54 Å². The fourth-order valence-electron chi connectivity index (χ4n) is 4.12. The van der Waals surface area contributed by atoms with E-state index in [0.29, 0.717) is 18.5 Å². The second kappa shape index (κ2) is 8.70. The van der Waals surface area contributed by atoms with E-state index >= 15 is 0 Å². The molecule has 1 unspecified atom stereocenters. The van der Waals surface area contributed by atoms with Crippen LogP contribution in [0, 0.1) is 6.92 Å². The molecule has 0 N–H and O–H groups in total. The second-order valence-corrected chi connectivity index (χ2v) is 7.32. The predicted molar refractivity (Wildman–Crippen MR) is 113 cm³/mol. The fourth-order valence-corrected chi connectivity index (χ4v) is 4.12. The Labute approximate surface area is 172 Å². The molecule has 29 heavy (non-hydrogen) atoms. The topological polar surface area (TPSA) is 47.7 Å². The molecule has 1 atom stereocenters. The summed E-state index contributed by atoms with van der Waals surface area (Å²) >= 11 is 0. The average molecular weight is 392 g/mol. The van der Waals surface area contributed by atoms with Crippen LogP contribution >= 0.6 is 0 Å². The Hall–Kier alpha value is -2.79. The van der Waals surface area contributed by atoms with Gasteiger partial charge in [0, 0.05) is 18.2 Å². The van der Waals surface area contributed by atoms with Crippen LogP contribution < -0.4 is 9.47 Å². The fraction of sp³-hybridized carbons (Fsp3) is 0.375. The van der Waals surface area contributed by atoms with E-state index in [1.54, 1.807) is 7.11 Å². The number of aromatic nitrogens is 1. The van der Waals surface area contributed by atoms with Crippen molar-refractivity contribution in [1.29, 1.82) is 0 Å². The standard InChI is InChI=1S/C24H28N2O3/c1-4-28-23-14-8-6-11-19(23)24-25-20(17(2)29-24)16-26-15-9-12-21(26)18-10-5-7-13-22(18)27-3/h5-8,10-11,13-14,21H,4,9,12,15-16H2,1-3H3. The van der Waals surface area contributed by atoms with E-state index in [9.17, 15) is 0 Å². The van der Waals surface area contributed by atoms with Gasteiger partial charge in [0.15, 0.2) is 0 Å². The molecule has 5 heteroatoms. The summed E-state index contributed by atoms with van der Waals surface area (Å²) in [5.41, 5.74) is 3.12. The molecule has 4 rings (SSSR count). The summed E-state index contributed by atoms with van der Waals surface area (Å²) in [6, 6.07) is 16.5. The van der Waals surface area contributed by atoms with E-state index in [4.69, 9.17) is 18.9 Å². The number of hydrogen-bond acceptors (Lipinski definition) is 5. The maximum atomic E-state index is 6.04. The Morgan fingerprint density at radius 2 is 1.86 bits per heavy atom. The lowest BCUT2D eigenvalue weighted by Gasteiger charge is -2.25. The molecule has 1 saturated heterocycles. The van der Waals surface area contributed by atoms with E-state index in [0.717, 1.165) is 48.0 Å². The Kier molecular flexibility index (Phi) is 5.86. The number of oxazole rings is 1. The number of nitrogens with zero attached hydrogens (tertiary/aromatic N) is 2. The molecule has 3 aromatic rings. The molecule has 1 aliphatic rings. The lowest BCUT2D eigenvalue weighted by Crippen LogP contribution is -2.23. The van der Waals surface area contributed by atoms with Crippen molar-refractivity contribution in [3.8, 4) is 23.0 Å². The molecule has 1 aliphatic heterocycles. The van der Waals surface area contributed by atoms with Gasteiger partial charge in [-0.2, -0.15) is 0 Å². The Bertz CT molecular complexity index is 966. The van der Waals surface area contributed by atoms with E-state index in [2.05, 4.69) is 17.0 Å². The summed E-state index contributed by atoms with van der Waals surface area (Å²) in [5.74, 6) is 3.23. The predicted octanol–water partition coefficient (Wildman–Crippen LogP) is 5.39. The summed E-state index contributed by atoms with van der Waals surface area (Å²) in [4.78, 5) is 7.31. The molecule has 152 valence electrons. The smallest absolute Gasteiger partial charge is 0.230 e. The lowest BCUT2D eigenvalue weighted by atomic mass is 10.0. The molecule has 0 bridgehead atoms. The first-order chi connectivity index (χ1) is 14.2. The van der Waals surface area contributed by atoms with Gasteiger partial charge in [-0.05, 0) is 51.4 Å². The van der Waals surface area contributed by atoms with Gasteiger partial charge in [0.05, 0.1) is 25.0 Å². The van der Waals surface area contributed by atoms with Crippen molar-refractivity contribution in [2.24, 2.45) is 0 Å². The van der Waals surface area contributed by atoms with Crippen molar-refractivity contribution in [3.05, 3.63) is 65.5 Å². The Morgan fingerprint density at radius 1 is 1.10 bits per heavy atom. The third kappa shape index (κ3) is 4.01. The molecule has 0 saturated carbocycles. The molecule has 0 amide bonds. The first-order valence-electron chi connectivity index (χ1n) is 10.3. The van der Waals surface area contributed by atoms with Gasteiger partial charge in [-0.15, -0.1) is 0 Å². The van der Waals surface area contributed by atoms with Crippen molar-refractivity contribution < 1.29 is 13.9 Å². The summed E-state index contributed by atoms with van der Waals surface area (Å²) < 4.78 is 17.4. The second-order valence-electron chi connectivity index (χ2n) is 7.32. The summed E-state index contributed by atoms with van der Waals surface area (Å²) in [6.45, 7) is 6.38. The minimum atomic E-state index is 0.335. The molecular weight excluding hydrogens is 364 g/mol. The number of methoxy groups -OCH3 is 1. The highest BCUT2D eigenvalue weighted by Gasteiger charge is 2.29. The zero-order valence-electron chi connectivity index (χ0n) is 17.4. The molecule has 1 aromatic heterocycles. The number of rotatable bonds is 7. The first-order valence-corrected chi connectivity index (χ1v) is 10.3. The van der Waals surface area contributed by atoms with Crippen LogP contribution in [0.1, 0.15) is 42.8 Å². The Balaban J connectivity index is 1.59.